The molecule has 0 nitrogen and oxygen atoms in total. The molecule has 0 spiro atoms. The zero-order valence-corrected chi connectivity index (χ0v) is 7.08. The smallest absolute Gasteiger partial charge is 0.200 e. The van der Waals surface area contributed by atoms with Gasteiger partial charge in [0.15, 0.2) is 0 Å². The van der Waals surface area contributed by atoms with E-state index in [-0.39, 0.29) is 0 Å². The van der Waals surface area contributed by atoms with Crippen LogP contribution in [0.15, 0.2) is 12.2 Å². The fraction of sp³-hybridized carbons (Fsp3) is 0.750. The summed E-state index contributed by atoms with van der Waals surface area (Å²) in [6.45, 7) is 2.56. The lowest BCUT2D eigenvalue weighted by atomic mass is 10.1. The molecule has 0 rings (SSSR count). The number of hydrogen-bond donors (Lipinski definition) is 0. The lowest BCUT2D eigenvalue weighted by Gasteiger charge is -2.24. The second kappa shape index (κ2) is 3.92. The minimum Gasteiger partial charge on any atom is -0.200 e. The largest absolute Gasteiger partial charge is 0.313 e. The highest BCUT2D eigenvalue weighted by Crippen LogP contribution is 2.39. The zero-order valence-electron chi connectivity index (χ0n) is 7.08. The summed E-state index contributed by atoms with van der Waals surface area (Å²) < 4.78 is 50.1. The Bertz CT molecular complexity index is 160. The van der Waals surface area contributed by atoms with Gasteiger partial charge in [0.25, 0.3) is 0 Å². The molecule has 0 aliphatic rings. The summed E-state index contributed by atoms with van der Waals surface area (Å²) in [5.74, 6) is -7.82. The van der Waals surface area contributed by atoms with Gasteiger partial charge in [0.1, 0.15) is 0 Å². The fourth-order valence-corrected chi connectivity index (χ4v) is 0.674. The third-order valence-corrected chi connectivity index (χ3v) is 1.59. The number of hydrogen-bond acceptors (Lipinski definition) is 0. The Balaban J connectivity index is 4.37. The zero-order chi connectivity index (χ0) is 9.83. The molecular formula is C8H12F4. The van der Waals surface area contributed by atoms with Crippen LogP contribution in [0.5, 0.6) is 0 Å². The molecule has 0 radical (unpaired) electrons. The van der Waals surface area contributed by atoms with Crippen LogP contribution < -0.4 is 0 Å². The first-order chi connectivity index (χ1) is 5.37. The Morgan fingerprint density at radius 3 is 1.92 bits per heavy atom. The van der Waals surface area contributed by atoms with Crippen molar-refractivity contribution in [2.24, 2.45) is 0 Å². The Labute approximate surface area is 69.3 Å². The number of halogens is 4. The second-order valence-corrected chi connectivity index (χ2v) is 2.54. The van der Waals surface area contributed by atoms with Crippen LogP contribution in [0.4, 0.5) is 17.6 Å². The maximum absolute atomic E-state index is 12.6. The average Bonchev–Trinajstić information content (AvgIpc) is 2.00. The lowest BCUT2D eigenvalue weighted by molar-refractivity contribution is -0.207. The third kappa shape index (κ3) is 2.50. The first-order valence-electron chi connectivity index (χ1n) is 3.74. The minimum absolute atomic E-state index is 0.836. The monoisotopic (exact) mass is 184 g/mol. The topological polar surface area (TPSA) is 0 Å². The van der Waals surface area contributed by atoms with Crippen LogP contribution in [0.2, 0.25) is 0 Å². The van der Waals surface area contributed by atoms with Gasteiger partial charge in [-0.1, -0.05) is 19.1 Å². The van der Waals surface area contributed by atoms with Gasteiger partial charge in [-0.25, -0.2) is 0 Å². The molecule has 0 saturated carbocycles. The molecule has 72 valence electrons. The van der Waals surface area contributed by atoms with E-state index in [2.05, 4.69) is 0 Å². The maximum Gasteiger partial charge on any atom is 0.313 e. The molecule has 0 aromatic heterocycles. The highest BCUT2D eigenvalue weighted by molar-refractivity contribution is 4.92. The van der Waals surface area contributed by atoms with Gasteiger partial charge >= 0.3 is 11.8 Å². The summed E-state index contributed by atoms with van der Waals surface area (Å²) in [5, 5.41) is 0. The van der Waals surface area contributed by atoms with Gasteiger partial charge < -0.3 is 0 Å². The van der Waals surface area contributed by atoms with E-state index in [1.807, 2.05) is 0 Å². The maximum atomic E-state index is 12.6. The third-order valence-electron chi connectivity index (χ3n) is 1.59. The van der Waals surface area contributed by atoms with Crippen LogP contribution >= 0.6 is 0 Å². The first kappa shape index (κ1) is 11.5. The Kier molecular flexibility index (Phi) is 3.74. The molecule has 0 atom stereocenters. The molecule has 0 amide bonds. The average molecular weight is 184 g/mol. The van der Waals surface area contributed by atoms with Crippen LogP contribution in [-0.2, 0) is 0 Å². The molecule has 0 aliphatic carbocycles. The Morgan fingerprint density at radius 2 is 1.58 bits per heavy atom. The van der Waals surface area contributed by atoms with Gasteiger partial charge in [0.2, 0.25) is 0 Å². The van der Waals surface area contributed by atoms with E-state index in [0.717, 1.165) is 13.0 Å². The number of alkyl halides is 4. The molecule has 4 heteroatoms. The molecule has 0 heterocycles. The first-order valence-corrected chi connectivity index (χ1v) is 3.74. The predicted octanol–water partition coefficient (Wildman–Crippen LogP) is 3.63. The molecule has 0 aliphatic heterocycles. The second-order valence-electron chi connectivity index (χ2n) is 2.54. The molecule has 0 N–H and O–H groups in total. The fourth-order valence-electron chi connectivity index (χ4n) is 0.674. The molecule has 0 aromatic carbocycles. The van der Waals surface area contributed by atoms with Crippen LogP contribution in [0, 0.1) is 0 Å². The van der Waals surface area contributed by atoms with Crippen LogP contribution in [0.1, 0.15) is 26.7 Å². The van der Waals surface area contributed by atoms with E-state index in [1.165, 1.54) is 13.0 Å². The van der Waals surface area contributed by atoms with Gasteiger partial charge in [-0.05, 0) is 6.92 Å². The van der Waals surface area contributed by atoms with Gasteiger partial charge in [-0.3, -0.25) is 0 Å². The lowest BCUT2D eigenvalue weighted by Crippen LogP contribution is -2.39. The highest BCUT2D eigenvalue weighted by atomic mass is 19.3. The van der Waals surface area contributed by atoms with E-state index < -0.39 is 24.7 Å². The van der Waals surface area contributed by atoms with Crippen molar-refractivity contribution in [1.29, 1.82) is 0 Å². The molecule has 0 saturated heterocycles. The van der Waals surface area contributed by atoms with E-state index in [1.54, 1.807) is 0 Å². The van der Waals surface area contributed by atoms with E-state index in [9.17, 15) is 17.6 Å². The summed E-state index contributed by atoms with van der Waals surface area (Å²) in [6.07, 6.45) is 0.644. The van der Waals surface area contributed by atoms with Crippen LogP contribution in [-0.4, -0.2) is 11.8 Å². The summed E-state index contributed by atoms with van der Waals surface area (Å²) in [7, 11) is 0. The van der Waals surface area contributed by atoms with Crippen molar-refractivity contribution in [2.75, 3.05) is 0 Å². The molecular weight excluding hydrogens is 172 g/mol. The summed E-state index contributed by atoms with van der Waals surface area (Å²) in [4.78, 5) is 0. The summed E-state index contributed by atoms with van der Waals surface area (Å²) in [5.41, 5.74) is 0. The molecule has 12 heavy (non-hydrogen) atoms. The molecule has 0 aromatic rings. The molecule has 0 bridgehead atoms. The normalized spacial score (nSPS) is 14.2. The SMILES string of the molecule is C/C=C/CC(F)(F)C(F)(F)CC. The minimum atomic E-state index is -3.92. The van der Waals surface area contributed by atoms with Crippen LogP contribution in [0.25, 0.3) is 0 Å². The van der Waals surface area contributed by atoms with Gasteiger partial charge in [0, 0.05) is 12.8 Å². The molecule has 0 fully saturated rings. The standard InChI is InChI=1S/C8H12F4/c1-3-5-6-8(11,12)7(9,10)4-2/h3,5H,4,6H2,1-2H3/b5-3+. The van der Waals surface area contributed by atoms with Crippen molar-refractivity contribution < 1.29 is 17.6 Å². The van der Waals surface area contributed by atoms with Crippen molar-refractivity contribution in [3.63, 3.8) is 0 Å². The summed E-state index contributed by atoms with van der Waals surface area (Å²) in [6, 6.07) is 0. The van der Waals surface area contributed by atoms with Gasteiger partial charge in [-0.15, -0.1) is 0 Å². The van der Waals surface area contributed by atoms with E-state index in [0.29, 0.717) is 0 Å². The Hall–Kier alpha value is -0.540. The molecule has 0 unspecified atom stereocenters. The van der Waals surface area contributed by atoms with Crippen LogP contribution in [0.3, 0.4) is 0 Å². The van der Waals surface area contributed by atoms with Crippen molar-refractivity contribution in [2.45, 2.75) is 38.5 Å². The van der Waals surface area contributed by atoms with E-state index >= 15 is 0 Å². The van der Waals surface area contributed by atoms with Gasteiger partial charge in [0.05, 0.1) is 0 Å². The van der Waals surface area contributed by atoms with Gasteiger partial charge in [-0.2, -0.15) is 17.6 Å². The quantitative estimate of drug-likeness (QED) is 0.462. The predicted molar refractivity (Wildman–Crippen MR) is 39.6 cm³/mol. The van der Waals surface area contributed by atoms with Crippen molar-refractivity contribution >= 4 is 0 Å². The van der Waals surface area contributed by atoms with Crippen molar-refractivity contribution in [1.82, 2.24) is 0 Å². The Morgan fingerprint density at radius 1 is 1.08 bits per heavy atom. The summed E-state index contributed by atoms with van der Waals surface area (Å²) >= 11 is 0. The number of allylic oxidation sites excluding steroid dienone is 2. The van der Waals surface area contributed by atoms with Crippen molar-refractivity contribution in [3.8, 4) is 0 Å². The van der Waals surface area contributed by atoms with E-state index in [4.69, 9.17) is 0 Å². The highest BCUT2D eigenvalue weighted by Gasteiger charge is 2.53. The van der Waals surface area contributed by atoms with Crippen molar-refractivity contribution in [3.05, 3.63) is 12.2 Å². The number of rotatable bonds is 4.